The summed E-state index contributed by atoms with van der Waals surface area (Å²) < 4.78 is 1.81. The number of para-hydroxylation sites is 1. The summed E-state index contributed by atoms with van der Waals surface area (Å²) in [6.07, 6.45) is 15.6. The van der Waals surface area contributed by atoms with Crippen LogP contribution in [0.3, 0.4) is 0 Å². The second-order valence-electron chi connectivity index (χ2n) is 11.3. The van der Waals surface area contributed by atoms with Gasteiger partial charge in [-0.2, -0.15) is 0 Å². The van der Waals surface area contributed by atoms with E-state index in [4.69, 9.17) is 4.98 Å². The molecular weight excluding hydrogens is 442 g/mol. The molecule has 6 heteroatoms. The maximum absolute atomic E-state index is 13.4. The molecule has 5 aliphatic rings. The number of nitrogens with one attached hydrogen (secondary N) is 1. The standard InChI is InChI=1S/C28H35N3O2S/c32-25(30-28-15-20-12-21(16-28)14-22(13-20)17-28)18-34-27-29-24-9-5-4-8-23(24)26(33)31(27)11-10-19-6-2-1-3-7-19/h4-6,8-9,20-22H,1-3,7,10-18H2,(H,30,32). The number of hydrogen-bond donors (Lipinski definition) is 1. The van der Waals surface area contributed by atoms with Crippen molar-refractivity contribution in [2.24, 2.45) is 17.8 Å². The highest BCUT2D eigenvalue weighted by atomic mass is 32.2. The first-order chi connectivity index (χ1) is 16.6. The second kappa shape index (κ2) is 9.18. The van der Waals surface area contributed by atoms with Crippen molar-refractivity contribution >= 4 is 28.6 Å². The molecule has 1 aromatic carbocycles. The highest BCUT2D eigenvalue weighted by molar-refractivity contribution is 7.99. The van der Waals surface area contributed by atoms with E-state index in [2.05, 4.69) is 11.4 Å². The summed E-state index contributed by atoms with van der Waals surface area (Å²) in [4.78, 5) is 31.3. The van der Waals surface area contributed by atoms with E-state index in [1.54, 1.807) is 4.57 Å². The molecule has 5 aliphatic carbocycles. The molecule has 7 rings (SSSR count). The van der Waals surface area contributed by atoms with Crippen molar-refractivity contribution in [3.63, 3.8) is 0 Å². The van der Waals surface area contributed by atoms with E-state index in [0.29, 0.717) is 28.4 Å². The number of rotatable bonds is 7. The maximum atomic E-state index is 13.4. The van der Waals surface area contributed by atoms with Crippen LogP contribution in [0, 0.1) is 17.8 Å². The average molecular weight is 478 g/mol. The maximum Gasteiger partial charge on any atom is 0.262 e. The van der Waals surface area contributed by atoms with Crippen molar-refractivity contribution in [1.82, 2.24) is 14.9 Å². The number of benzene rings is 1. The van der Waals surface area contributed by atoms with E-state index in [1.807, 2.05) is 24.3 Å². The van der Waals surface area contributed by atoms with Gasteiger partial charge in [0.05, 0.1) is 16.7 Å². The minimum atomic E-state index is 0.00556. The number of hydrogen-bond acceptors (Lipinski definition) is 4. The number of carbonyl (C=O) groups excluding carboxylic acids is 1. The van der Waals surface area contributed by atoms with Crippen LogP contribution < -0.4 is 10.9 Å². The summed E-state index contributed by atoms with van der Waals surface area (Å²) in [5.41, 5.74) is 2.19. The zero-order chi connectivity index (χ0) is 23.1. The van der Waals surface area contributed by atoms with E-state index in [9.17, 15) is 9.59 Å². The fourth-order valence-electron chi connectivity index (χ4n) is 7.57. The Labute approximate surface area is 205 Å². The largest absolute Gasteiger partial charge is 0.350 e. The van der Waals surface area contributed by atoms with E-state index < -0.39 is 0 Å². The van der Waals surface area contributed by atoms with Gasteiger partial charge in [-0.1, -0.05) is 35.5 Å². The van der Waals surface area contributed by atoms with Crippen molar-refractivity contribution < 1.29 is 4.79 Å². The van der Waals surface area contributed by atoms with E-state index in [0.717, 1.165) is 56.3 Å². The van der Waals surface area contributed by atoms with Gasteiger partial charge in [-0.3, -0.25) is 14.2 Å². The number of allylic oxidation sites excluding steroid dienone is 2. The van der Waals surface area contributed by atoms with Crippen LogP contribution in [0.4, 0.5) is 0 Å². The summed E-state index contributed by atoms with van der Waals surface area (Å²) in [7, 11) is 0. The minimum absolute atomic E-state index is 0.00556. The van der Waals surface area contributed by atoms with E-state index in [1.165, 1.54) is 49.4 Å². The molecule has 5 nitrogen and oxygen atoms in total. The van der Waals surface area contributed by atoms with Gasteiger partial charge in [0, 0.05) is 12.1 Å². The Bertz CT molecular complexity index is 1150. The van der Waals surface area contributed by atoms with Gasteiger partial charge in [0.25, 0.3) is 5.56 Å². The first kappa shape index (κ1) is 22.4. The first-order valence-electron chi connectivity index (χ1n) is 13.2. The van der Waals surface area contributed by atoms with E-state index in [-0.39, 0.29) is 17.0 Å². The fourth-order valence-corrected chi connectivity index (χ4v) is 8.39. The highest BCUT2D eigenvalue weighted by Gasteiger charge is 2.51. The van der Waals surface area contributed by atoms with Crippen molar-refractivity contribution in [1.29, 1.82) is 0 Å². The summed E-state index contributed by atoms with van der Waals surface area (Å²) >= 11 is 1.42. The van der Waals surface area contributed by atoms with Gasteiger partial charge >= 0.3 is 0 Å². The first-order valence-corrected chi connectivity index (χ1v) is 14.2. The molecule has 4 fully saturated rings. The molecule has 1 N–H and O–H groups in total. The molecule has 1 heterocycles. The van der Waals surface area contributed by atoms with Crippen molar-refractivity contribution in [2.75, 3.05) is 5.75 Å². The Morgan fingerprint density at radius 2 is 1.82 bits per heavy atom. The third-order valence-corrected chi connectivity index (χ3v) is 9.62. The van der Waals surface area contributed by atoms with Crippen molar-refractivity contribution in [3.8, 4) is 0 Å². The van der Waals surface area contributed by atoms with Crippen LogP contribution in [0.15, 0.2) is 45.9 Å². The molecule has 0 atom stereocenters. The monoisotopic (exact) mass is 477 g/mol. The van der Waals surface area contributed by atoms with Gasteiger partial charge in [0.1, 0.15) is 0 Å². The van der Waals surface area contributed by atoms with Crippen molar-refractivity contribution in [2.45, 2.75) is 87.9 Å². The number of fused-ring (bicyclic) bond motifs is 1. The Balaban J connectivity index is 1.19. The molecule has 0 radical (unpaired) electrons. The molecule has 34 heavy (non-hydrogen) atoms. The molecule has 1 aromatic heterocycles. The Hall–Kier alpha value is -2.08. The van der Waals surface area contributed by atoms with Gasteiger partial charge in [0.15, 0.2) is 5.16 Å². The number of nitrogens with zero attached hydrogens (tertiary/aromatic N) is 2. The topological polar surface area (TPSA) is 64.0 Å². The van der Waals surface area contributed by atoms with Gasteiger partial charge < -0.3 is 5.32 Å². The smallest absolute Gasteiger partial charge is 0.262 e. The predicted octanol–water partition coefficient (Wildman–Crippen LogP) is 5.46. The molecule has 2 aromatic rings. The lowest BCUT2D eigenvalue weighted by Gasteiger charge is -2.56. The summed E-state index contributed by atoms with van der Waals surface area (Å²) in [6.45, 7) is 0.626. The number of amides is 1. The van der Waals surface area contributed by atoms with Gasteiger partial charge in [-0.25, -0.2) is 4.98 Å². The Kier molecular flexibility index (Phi) is 6.04. The normalized spacial score (nSPS) is 29.9. The lowest BCUT2D eigenvalue weighted by atomic mass is 9.53. The lowest BCUT2D eigenvalue weighted by Crippen LogP contribution is -2.60. The van der Waals surface area contributed by atoms with Crippen LogP contribution in [0.2, 0.25) is 0 Å². The molecule has 0 aliphatic heterocycles. The summed E-state index contributed by atoms with van der Waals surface area (Å²) in [6, 6.07) is 7.56. The highest BCUT2D eigenvalue weighted by Crippen LogP contribution is 2.55. The van der Waals surface area contributed by atoms with Gasteiger partial charge in [0.2, 0.25) is 5.91 Å². The van der Waals surface area contributed by atoms with E-state index >= 15 is 0 Å². The number of thioether (sulfide) groups is 1. The summed E-state index contributed by atoms with van der Waals surface area (Å²) in [5.74, 6) is 2.83. The molecule has 0 unspecified atom stereocenters. The van der Waals surface area contributed by atoms with Crippen LogP contribution >= 0.6 is 11.8 Å². The quantitative estimate of drug-likeness (QED) is 0.327. The molecule has 0 saturated heterocycles. The molecule has 4 bridgehead atoms. The number of aromatic nitrogens is 2. The summed E-state index contributed by atoms with van der Waals surface area (Å²) in [5, 5.41) is 4.79. The SMILES string of the molecule is O=C(CSc1nc2ccccc2c(=O)n1CCC1=CCCCC1)NC12CC3CC(CC(C3)C1)C2. The Morgan fingerprint density at radius 1 is 1.09 bits per heavy atom. The third kappa shape index (κ3) is 4.46. The van der Waals surface area contributed by atoms with Crippen LogP contribution in [0.1, 0.15) is 70.6 Å². The van der Waals surface area contributed by atoms with Gasteiger partial charge in [-0.15, -0.1) is 0 Å². The zero-order valence-corrected chi connectivity index (χ0v) is 20.7. The molecule has 180 valence electrons. The minimum Gasteiger partial charge on any atom is -0.350 e. The van der Waals surface area contributed by atoms with Crippen LogP contribution in [0.5, 0.6) is 0 Å². The third-order valence-electron chi connectivity index (χ3n) is 8.64. The molecule has 4 saturated carbocycles. The average Bonchev–Trinajstić information content (AvgIpc) is 2.82. The van der Waals surface area contributed by atoms with Crippen LogP contribution in [0.25, 0.3) is 10.9 Å². The van der Waals surface area contributed by atoms with Crippen molar-refractivity contribution in [3.05, 3.63) is 46.3 Å². The zero-order valence-electron chi connectivity index (χ0n) is 19.9. The molecular formula is C28H35N3O2S. The van der Waals surface area contributed by atoms with Crippen LogP contribution in [-0.2, 0) is 11.3 Å². The molecule has 1 amide bonds. The fraction of sp³-hybridized carbons (Fsp3) is 0.607. The lowest BCUT2D eigenvalue weighted by molar-refractivity contribution is -0.124. The predicted molar refractivity (Wildman–Crippen MR) is 137 cm³/mol. The molecule has 0 spiro atoms. The van der Waals surface area contributed by atoms with Crippen LogP contribution in [-0.4, -0.2) is 26.8 Å². The second-order valence-corrected chi connectivity index (χ2v) is 12.2. The number of carbonyl (C=O) groups is 1. The van der Waals surface area contributed by atoms with Gasteiger partial charge in [-0.05, 0) is 101 Å². The Morgan fingerprint density at radius 3 is 2.53 bits per heavy atom.